The summed E-state index contributed by atoms with van der Waals surface area (Å²) in [5, 5.41) is 41.0. The van der Waals surface area contributed by atoms with Crippen molar-refractivity contribution in [3.63, 3.8) is 0 Å². The summed E-state index contributed by atoms with van der Waals surface area (Å²) < 4.78 is 60.6. The van der Waals surface area contributed by atoms with Gasteiger partial charge in [0.2, 0.25) is 0 Å². The molecule has 0 aliphatic carbocycles. The number of rotatable bonds is 8. The van der Waals surface area contributed by atoms with Crippen molar-refractivity contribution in [3.8, 4) is 11.3 Å². The maximum absolute atomic E-state index is 13.9. The van der Waals surface area contributed by atoms with Crippen molar-refractivity contribution in [1.29, 1.82) is 0 Å². The minimum Gasteiger partial charge on any atom is -0.394 e. The van der Waals surface area contributed by atoms with Gasteiger partial charge in [0.05, 0.1) is 41.6 Å². The molecule has 0 saturated carbocycles. The molecule has 2 aliphatic heterocycles. The van der Waals surface area contributed by atoms with Gasteiger partial charge in [0.15, 0.2) is 17.5 Å². The van der Waals surface area contributed by atoms with Gasteiger partial charge in [-0.1, -0.05) is 11.3 Å². The van der Waals surface area contributed by atoms with Gasteiger partial charge < -0.3 is 29.5 Å². The lowest BCUT2D eigenvalue weighted by Crippen LogP contribution is -2.56. The topological polar surface area (TPSA) is 132 Å². The van der Waals surface area contributed by atoms with Crippen molar-refractivity contribution in [2.45, 2.75) is 79.9 Å². The van der Waals surface area contributed by atoms with Crippen molar-refractivity contribution in [2.75, 3.05) is 20.3 Å². The second-order valence-corrected chi connectivity index (χ2v) is 12.8. The van der Waals surface area contributed by atoms with E-state index in [4.69, 9.17) is 14.2 Å². The van der Waals surface area contributed by atoms with Gasteiger partial charge in [0.25, 0.3) is 0 Å². The Bertz CT molecular complexity index is 1420. The van der Waals surface area contributed by atoms with E-state index in [9.17, 15) is 28.5 Å². The highest BCUT2D eigenvalue weighted by molar-refractivity contribution is 8.00. The normalized spacial score (nSPS) is 29.9. The fraction of sp³-hybridized carbons (Fsp3) is 0.552. The molecule has 3 aromatic rings. The summed E-state index contributed by atoms with van der Waals surface area (Å²) in [6.07, 6.45) is 0.341. The standard InChI is InChI=1S/C29H35F3N4O6S/c1-15-6-5-8-33-22(15)26(29(39)7-9-41-28(2,3)14-29)43-27-25(40-4)23(24(38)20(13-37)42-27)36-12-19(34-35-36)16-10-17(30)21(32)18(31)11-16/h5-6,8,10-12,20,23-27,37-39H,7,9,13-14H2,1-4H3/t20-,23+,24+,25-,26-,27+,29-/m1/s1. The highest BCUT2D eigenvalue weighted by atomic mass is 32.2. The second-order valence-electron chi connectivity index (χ2n) is 11.6. The van der Waals surface area contributed by atoms with Crippen molar-refractivity contribution >= 4 is 11.8 Å². The highest BCUT2D eigenvalue weighted by Crippen LogP contribution is 2.51. The smallest absolute Gasteiger partial charge is 0.194 e. The first-order valence-corrected chi connectivity index (χ1v) is 14.8. The Hall–Kier alpha value is -2.59. The summed E-state index contributed by atoms with van der Waals surface area (Å²) in [5.74, 6) is -4.37. The number of benzene rings is 1. The molecule has 0 unspecified atom stereocenters. The Kier molecular flexibility index (Phi) is 9.19. The molecule has 14 heteroatoms. The molecular formula is C29H35F3N4O6S. The summed E-state index contributed by atoms with van der Waals surface area (Å²) in [4.78, 5) is 4.62. The number of hydrogen-bond donors (Lipinski definition) is 3. The fourth-order valence-electron chi connectivity index (χ4n) is 5.94. The van der Waals surface area contributed by atoms with Crippen LogP contribution in [0, 0.1) is 24.4 Å². The molecule has 1 aromatic carbocycles. The lowest BCUT2D eigenvalue weighted by molar-refractivity contribution is -0.187. The molecule has 43 heavy (non-hydrogen) atoms. The first-order chi connectivity index (χ1) is 20.4. The molecule has 3 N–H and O–H groups in total. The number of halogens is 3. The number of nitrogens with zero attached hydrogens (tertiary/aromatic N) is 4. The largest absolute Gasteiger partial charge is 0.394 e. The number of aryl methyl sites for hydroxylation is 1. The van der Waals surface area contributed by atoms with Crippen LogP contribution in [0.5, 0.6) is 0 Å². The number of thioether (sulfide) groups is 1. The summed E-state index contributed by atoms with van der Waals surface area (Å²) >= 11 is 1.26. The first kappa shape index (κ1) is 31.8. The van der Waals surface area contributed by atoms with Crippen molar-refractivity contribution in [3.05, 3.63) is 65.4 Å². The molecule has 7 atom stereocenters. The molecule has 0 amide bonds. The van der Waals surface area contributed by atoms with Crippen molar-refractivity contribution in [2.24, 2.45) is 0 Å². The molecule has 0 bridgehead atoms. The number of aromatic nitrogens is 4. The van der Waals surface area contributed by atoms with Crippen LogP contribution in [0.15, 0.2) is 36.7 Å². The van der Waals surface area contributed by atoms with Crippen LogP contribution < -0.4 is 0 Å². The van der Waals surface area contributed by atoms with E-state index in [2.05, 4.69) is 15.3 Å². The quantitative estimate of drug-likeness (QED) is 0.320. The number of aliphatic hydroxyl groups excluding tert-OH is 2. The summed E-state index contributed by atoms with van der Waals surface area (Å²) in [7, 11) is 1.43. The summed E-state index contributed by atoms with van der Waals surface area (Å²) in [6, 6.07) is 4.33. The number of methoxy groups -OCH3 is 1. The van der Waals surface area contributed by atoms with Crippen LogP contribution in [0.1, 0.15) is 49.2 Å². The average Bonchev–Trinajstić information content (AvgIpc) is 3.44. The first-order valence-electron chi connectivity index (χ1n) is 13.8. The Balaban J connectivity index is 1.52. The molecule has 10 nitrogen and oxygen atoms in total. The SMILES string of the molecule is CO[C@@H]1[C@@H](n2cc(-c3cc(F)c(F)c(F)c3)nn2)[C@@H](O)[C@@H](CO)O[C@H]1S[C@H](c1ncccc1C)[C@@]1(O)CCOC(C)(C)C1. The van der Waals surface area contributed by atoms with E-state index in [-0.39, 0.29) is 11.3 Å². The van der Waals surface area contributed by atoms with Gasteiger partial charge in [-0.15, -0.1) is 16.9 Å². The summed E-state index contributed by atoms with van der Waals surface area (Å²) in [5.41, 5.74) is -1.24. The van der Waals surface area contributed by atoms with E-state index >= 15 is 0 Å². The van der Waals surface area contributed by atoms with Crippen molar-refractivity contribution < 1.29 is 42.7 Å². The van der Waals surface area contributed by atoms with E-state index in [1.807, 2.05) is 32.9 Å². The second kappa shape index (κ2) is 12.4. The molecule has 2 saturated heterocycles. The predicted molar refractivity (Wildman–Crippen MR) is 150 cm³/mol. The third kappa shape index (κ3) is 6.32. The Morgan fingerprint density at radius 1 is 1.23 bits per heavy atom. The molecule has 2 aliphatic rings. The number of aliphatic hydroxyl groups is 3. The van der Waals surface area contributed by atoms with Gasteiger partial charge in [-0.05, 0) is 44.5 Å². The van der Waals surface area contributed by atoms with Crippen LogP contribution in [0.25, 0.3) is 11.3 Å². The van der Waals surface area contributed by atoms with Crippen LogP contribution >= 0.6 is 11.8 Å². The Morgan fingerprint density at radius 3 is 2.58 bits per heavy atom. The van der Waals surface area contributed by atoms with E-state index < -0.39 is 70.3 Å². The minimum atomic E-state index is -1.60. The van der Waals surface area contributed by atoms with Crippen LogP contribution in [0.2, 0.25) is 0 Å². The van der Waals surface area contributed by atoms with Crippen molar-refractivity contribution in [1.82, 2.24) is 20.0 Å². The van der Waals surface area contributed by atoms with Crippen LogP contribution in [0.3, 0.4) is 0 Å². The van der Waals surface area contributed by atoms with Gasteiger partial charge in [-0.25, -0.2) is 17.9 Å². The molecule has 0 spiro atoms. The zero-order valence-corrected chi connectivity index (χ0v) is 25.0. The maximum atomic E-state index is 13.9. The van der Waals surface area contributed by atoms with Gasteiger partial charge in [-0.3, -0.25) is 4.98 Å². The van der Waals surface area contributed by atoms with Crippen LogP contribution in [0.4, 0.5) is 13.2 Å². The summed E-state index contributed by atoms with van der Waals surface area (Å²) in [6.45, 7) is 5.52. The molecule has 2 fully saturated rings. The zero-order chi connectivity index (χ0) is 31.1. The van der Waals surface area contributed by atoms with Gasteiger partial charge in [0, 0.05) is 31.7 Å². The molecular weight excluding hydrogens is 589 g/mol. The molecule has 2 aromatic heterocycles. The molecule has 234 valence electrons. The lowest BCUT2D eigenvalue weighted by atomic mass is 9.80. The molecule has 0 radical (unpaired) electrons. The van der Waals surface area contributed by atoms with Gasteiger partial charge in [-0.2, -0.15) is 0 Å². The monoisotopic (exact) mass is 624 g/mol. The number of pyridine rings is 1. The lowest BCUT2D eigenvalue weighted by Gasteiger charge is -2.48. The van der Waals surface area contributed by atoms with E-state index in [0.717, 1.165) is 17.7 Å². The maximum Gasteiger partial charge on any atom is 0.194 e. The zero-order valence-electron chi connectivity index (χ0n) is 24.2. The van der Waals surface area contributed by atoms with E-state index in [0.29, 0.717) is 25.1 Å². The highest BCUT2D eigenvalue weighted by Gasteiger charge is 2.52. The Morgan fingerprint density at radius 2 is 1.95 bits per heavy atom. The number of hydrogen-bond acceptors (Lipinski definition) is 10. The average molecular weight is 625 g/mol. The van der Waals surface area contributed by atoms with Gasteiger partial charge in [0.1, 0.15) is 35.5 Å². The molecule has 4 heterocycles. The predicted octanol–water partition coefficient (Wildman–Crippen LogP) is 3.49. The molecule has 5 rings (SSSR count). The van der Waals surface area contributed by atoms with E-state index in [1.165, 1.54) is 29.8 Å². The van der Waals surface area contributed by atoms with Crippen LogP contribution in [-0.4, -0.2) is 90.6 Å². The Labute approximate surface area is 251 Å². The van der Waals surface area contributed by atoms with E-state index in [1.54, 1.807) is 6.20 Å². The fourth-order valence-corrected chi connectivity index (χ4v) is 7.67. The van der Waals surface area contributed by atoms with Crippen LogP contribution in [-0.2, 0) is 14.2 Å². The number of ether oxygens (including phenoxy) is 3. The third-order valence-corrected chi connectivity index (χ3v) is 9.59. The minimum absolute atomic E-state index is 0.0248. The third-order valence-electron chi connectivity index (χ3n) is 8.01. The van der Waals surface area contributed by atoms with Gasteiger partial charge >= 0.3 is 0 Å².